The molecule has 8 heteroatoms. The summed E-state index contributed by atoms with van der Waals surface area (Å²) in [6, 6.07) is 3.65. The molecular formula is C13H18N6OS. The average molecular weight is 306 g/mol. The van der Waals surface area contributed by atoms with Crippen molar-refractivity contribution in [1.29, 1.82) is 0 Å². The summed E-state index contributed by atoms with van der Waals surface area (Å²) < 4.78 is 0. The highest BCUT2D eigenvalue weighted by atomic mass is 32.1. The van der Waals surface area contributed by atoms with Crippen LogP contribution in [0.5, 0.6) is 0 Å². The molecule has 3 N–H and O–H groups in total. The van der Waals surface area contributed by atoms with Crippen LogP contribution in [0, 0.1) is 0 Å². The predicted octanol–water partition coefficient (Wildman–Crippen LogP) is 1.46. The van der Waals surface area contributed by atoms with Gasteiger partial charge in [-0.15, -0.1) is 10.2 Å². The number of amides is 2. The molecule has 0 saturated carbocycles. The third-order valence-corrected chi connectivity index (χ3v) is 4.00. The summed E-state index contributed by atoms with van der Waals surface area (Å²) in [6.07, 6.45) is 4.06. The van der Waals surface area contributed by atoms with Crippen LogP contribution in [0.15, 0.2) is 24.5 Å². The Morgan fingerprint density at radius 3 is 2.76 bits per heavy atom. The van der Waals surface area contributed by atoms with Gasteiger partial charge >= 0.3 is 6.03 Å². The number of aromatic nitrogens is 3. The highest BCUT2D eigenvalue weighted by Gasteiger charge is 2.16. The van der Waals surface area contributed by atoms with Gasteiger partial charge in [0.05, 0.1) is 6.04 Å². The fourth-order valence-electron chi connectivity index (χ4n) is 1.81. The Hall–Kier alpha value is -2.22. The number of carbonyl (C=O) groups is 1. The first-order valence-corrected chi connectivity index (χ1v) is 7.38. The molecule has 112 valence electrons. The van der Waals surface area contributed by atoms with Gasteiger partial charge in [0.1, 0.15) is 5.01 Å². The van der Waals surface area contributed by atoms with Crippen molar-refractivity contribution in [1.82, 2.24) is 25.4 Å². The second-order valence-corrected chi connectivity index (χ2v) is 5.68. The first kappa shape index (κ1) is 15.2. The van der Waals surface area contributed by atoms with E-state index in [1.165, 1.54) is 11.3 Å². The molecule has 0 aliphatic heterocycles. The first-order chi connectivity index (χ1) is 10.1. The van der Waals surface area contributed by atoms with Crippen molar-refractivity contribution < 1.29 is 4.79 Å². The molecule has 0 aliphatic rings. The molecule has 2 amide bonds. The molecule has 0 aliphatic carbocycles. The first-order valence-electron chi connectivity index (χ1n) is 6.56. The summed E-state index contributed by atoms with van der Waals surface area (Å²) in [4.78, 5) is 17.7. The number of anilines is 1. The zero-order valence-corrected chi connectivity index (χ0v) is 12.8. The minimum Gasteiger partial charge on any atom is -0.374 e. The lowest BCUT2D eigenvalue weighted by Gasteiger charge is -2.25. The second kappa shape index (κ2) is 6.98. The van der Waals surface area contributed by atoms with Crippen LogP contribution in [0.25, 0.3) is 0 Å². The molecule has 2 rings (SSSR count). The van der Waals surface area contributed by atoms with E-state index >= 15 is 0 Å². The van der Waals surface area contributed by atoms with Crippen molar-refractivity contribution >= 4 is 22.5 Å². The Balaban J connectivity index is 1.82. The van der Waals surface area contributed by atoms with Crippen molar-refractivity contribution in [2.45, 2.75) is 19.4 Å². The summed E-state index contributed by atoms with van der Waals surface area (Å²) in [6.45, 7) is 2.47. The molecule has 1 unspecified atom stereocenters. The quantitative estimate of drug-likeness (QED) is 0.871. The van der Waals surface area contributed by atoms with E-state index in [0.717, 1.165) is 10.6 Å². The molecule has 7 nitrogen and oxygen atoms in total. The highest BCUT2D eigenvalue weighted by Crippen LogP contribution is 2.17. The minimum absolute atomic E-state index is 0.0230. The number of rotatable bonds is 5. The van der Waals surface area contributed by atoms with Gasteiger partial charge in [0.25, 0.3) is 0 Å². The van der Waals surface area contributed by atoms with Crippen LogP contribution >= 0.6 is 11.3 Å². The fraction of sp³-hybridized carbons (Fsp3) is 0.385. The molecule has 2 heterocycles. The largest absolute Gasteiger partial charge is 0.374 e. The van der Waals surface area contributed by atoms with Crippen LogP contribution in [0.3, 0.4) is 0 Å². The Labute approximate surface area is 127 Å². The van der Waals surface area contributed by atoms with Gasteiger partial charge in [-0.05, 0) is 24.6 Å². The summed E-state index contributed by atoms with van der Waals surface area (Å²) in [5.41, 5.74) is 6.55. The summed E-state index contributed by atoms with van der Waals surface area (Å²) in [5, 5.41) is 11.8. The number of urea groups is 1. The Morgan fingerprint density at radius 1 is 1.43 bits per heavy atom. The highest BCUT2D eigenvalue weighted by molar-refractivity contribution is 7.15. The molecule has 21 heavy (non-hydrogen) atoms. The van der Waals surface area contributed by atoms with E-state index < -0.39 is 0 Å². The van der Waals surface area contributed by atoms with Crippen molar-refractivity contribution in [3.63, 3.8) is 0 Å². The van der Waals surface area contributed by atoms with E-state index in [2.05, 4.69) is 20.5 Å². The van der Waals surface area contributed by atoms with Crippen molar-refractivity contribution in [2.75, 3.05) is 19.3 Å². The lowest BCUT2D eigenvalue weighted by atomic mass is 10.1. The number of hydrogen-bond donors (Lipinski definition) is 2. The van der Waals surface area contributed by atoms with E-state index in [1.54, 1.807) is 24.3 Å². The molecule has 0 bridgehead atoms. The average Bonchev–Trinajstić information content (AvgIpc) is 2.92. The van der Waals surface area contributed by atoms with Gasteiger partial charge in [0.2, 0.25) is 5.13 Å². The van der Waals surface area contributed by atoms with Crippen LogP contribution < -0.4 is 11.1 Å². The Kier molecular flexibility index (Phi) is 5.04. The molecule has 0 aromatic carbocycles. The SMILES string of the molecule is CC(c1ccncc1)N(C)C(=O)NCCc1nnc(N)s1. The second-order valence-electron chi connectivity index (χ2n) is 4.58. The summed E-state index contributed by atoms with van der Waals surface area (Å²) in [7, 11) is 1.77. The van der Waals surface area contributed by atoms with Crippen LogP contribution in [0.4, 0.5) is 9.93 Å². The number of nitrogen functional groups attached to an aromatic ring is 1. The lowest BCUT2D eigenvalue weighted by molar-refractivity contribution is 0.194. The van der Waals surface area contributed by atoms with Crippen LogP contribution in [0.2, 0.25) is 0 Å². The Bertz CT molecular complexity index is 587. The molecule has 2 aromatic rings. The molecule has 0 spiro atoms. The molecule has 0 saturated heterocycles. The van der Waals surface area contributed by atoms with Gasteiger partial charge < -0.3 is 16.0 Å². The summed E-state index contributed by atoms with van der Waals surface area (Å²) in [5.74, 6) is 0. The predicted molar refractivity (Wildman–Crippen MR) is 81.8 cm³/mol. The van der Waals surface area contributed by atoms with Crippen molar-refractivity contribution in [2.24, 2.45) is 0 Å². The lowest BCUT2D eigenvalue weighted by Crippen LogP contribution is -2.39. The van der Waals surface area contributed by atoms with Crippen molar-refractivity contribution in [3.8, 4) is 0 Å². The van der Waals surface area contributed by atoms with Crippen LogP contribution in [-0.4, -0.2) is 39.7 Å². The number of carbonyl (C=O) groups excluding carboxylic acids is 1. The molecular weight excluding hydrogens is 288 g/mol. The minimum atomic E-state index is -0.128. The van der Waals surface area contributed by atoms with E-state index in [-0.39, 0.29) is 12.1 Å². The zero-order chi connectivity index (χ0) is 15.2. The van der Waals surface area contributed by atoms with Gasteiger partial charge in [0.15, 0.2) is 0 Å². The topological polar surface area (TPSA) is 97.0 Å². The number of pyridine rings is 1. The molecule has 1 atom stereocenters. The maximum absolute atomic E-state index is 12.1. The van der Waals surface area contributed by atoms with E-state index in [0.29, 0.717) is 18.1 Å². The molecule has 0 radical (unpaired) electrons. The van der Waals surface area contributed by atoms with Gasteiger partial charge in [-0.25, -0.2) is 4.79 Å². The van der Waals surface area contributed by atoms with Gasteiger partial charge in [-0.1, -0.05) is 11.3 Å². The Morgan fingerprint density at radius 2 is 2.14 bits per heavy atom. The standard InChI is InChI=1S/C13H18N6OS/c1-9(10-3-6-15-7-4-10)19(2)13(20)16-8-5-11-17-18-12(14)21-11/h3-4,6-7,9H,5,8H2,1-2H3,(H2,14,18)(H,16,20). The number of nitrogens with zero attached hydrogens (tertiary/aromatic N) is 4. The monoisotopic (exact) mass is 306 g/mol. The summed E-state index contributed by atoms with van der Waals surface area (Å²) >= 11 is 1.33. The molecule has 2 aromatic heterocycles. The van der Waals surface area contributed by atoms with Gasteiger partial charge in [-0.3, -0.25) is 4.98 Å². The van der Waals surface area contributed by atoms with E-state index in [9.17, 15) is 4.79 Å². The maximum atomic E-state index is 12.1. The smallest absolute Gasteiger partial charge is 0.317 e. The third-order valence-electron chi connectivity index (χ3n) is 3.19. The number of nitrogens with two attached hydrogens (primary N) is 1. The number of hydrogen-bond acceptors (Lipinski definition) is 6. The van der Waals surface area contributed by atoms with E-state index in [1.807, 2.05) is 19.1 Å². The van der Waals surface area contributed by atoms with E-state index in [4.69, 9.17) is 5.73 Å². The normalized spacial score (nSPS) is 11.9. The van der Waals surface area contributed by atoms with Gasteiger partial charge in [-0.2, -0.15) is 0 Å². The zero-order valence-electron chi connectivity index (χ0n) is 12.0. The van der Waals surface area contributed by atoms with Crippen LogP contribution in [-0.2, 0) is 6.42 Å². The van der Waals surface area contributed by atoms with Gasteiger partial charge in [0, 0.05) is 32.4 Å². The number of nitrogens with one attached hydrogen (secondary N) is 1. The fourth-order valence-corrected chi connectivity index (χ4v) is 2.42. The maximum Gasteiger partial charge on any atom is 0.317 e. The van der Waals surface area contributed by atoms with Crippen molar-refractivity contribution in [3.05, 3.63) is 35.1 Å². The molecule has 0 fully saturated rings. The third kappa shape index (κ3) is 4.12. The van der Waals surface area contributed by atoms with Crippen LogP contribution in [0.1, 0.15) is 23.5 Å².